The summed E-state index contributed by atoms with van der Waals surface area (Å²) in [5, 5.41) is 176. The van der Waals surface area contributed by atoms with E-state index in [0.717, 1.165) is 12.0 Å². The van der Waals surface area contributed by atoms with Gasteiger partial charge in [0.05, 0.1) is 56.8 Å². The highest BCUT2D eigenvalue weighted by atomic mass is 16.8. The average molecular weight is 1210 g/mol. The molecule has 10 aliphatic rings. The maximum atomic E-state index is 13.3. The fourth-order valence-electron chi connectivity index (χ4n) is 17.4. The van der Waals surface area contributed by atoms with Gasteiger partial charge in [-0.05, 0) is 96.2 Å². The van der Waals surface area contributed by atoms with E-state index in [1.54, 1.807) is 0 Å². The summed E-state index contributed by atoms with van der Waals surface area (Å²) in [6.45, 7) is 11.4. The third-order valence-corrected chi connectivity index (χ3v) is 22.6. The Balaban J connectivity index is 0.949. The quantitative estimate of drug-likeness (QED) is 0.0621. The van der Waals surface area contributed by atoms with E-state index in [-0.39, 0.29) is 36.0 Å². The molecule has 5 aliphatic carbocycles. The fraction of sp³-hybridized carbons (Fsp3) is 0.947. The van der Waals surface area contributed by atoms with Gasteiger partial charge in [0, 0.05) is 0 Å². The number of allylic oxidation sites excluding steroid dienone is 2. The molecule has 10 rings (SSSR count). The monoisotopic (exact) mass is 1210 g/mol. The van der Waals surface area contributed by atoms with Crippen molar-refractivity contribution in [2.45, 2.75) is 253 Å². The Bertz CT molecular complexity index is 2350. The number of hydrogen-bond donors (Lipinski definition) is 16. The highest BCUT2D eigenvalue weighted by molar-refractivity contribution is 5.77. The number of aliphatic hydroxyl groups is 15. The maximum Gasteiger partial charge on any atom is 0.310 e. The molecule has 5 heterocycles. The largest absolute Gasteiger partial charge is 0.481 e. The molecule has 5 aliphatic heterocycles. The minimum atomic E-state index is -2.10. The van der Waals surface area contributed by atoms with E-state index in [0.29, 0.717) is 32.1 Å². The Kier molecular flexibility index (Phi) is 18.5. The summed E-state index contributed by atoms with van der Waals surface area (Å²) in [7, 11) is 0. The van der Waals surface area contributed by atoms with E-state index in [2.05, 4.69) is 26.8 Å². The van der Waals surface area contributed by atoms with Crippen molar-refractivity contribution in [2.75, 3.05) is 33.0 Å². The van der Waals surface area contributed by atoms with Crippen LogP contribution >= 0.6 is 0 Å². The zero-order valence-electron chi connectivity index (χ0n) is 48.6. The highest BCUT2D eigenvalue weighted by Crippen LogP contribution is 2.76. The molecule has 0 aromatic heterocycles. The smallest absolute Gasteiger partial charge is 0.310 e. The molecule has 27 heteroatoms. The maximum absolute atomic E-state index is 13.3. The standard InChI is InChI=1S/C57H92O27/c1-52(2)14-23-22-8-9-31-54(5)15-24(60)45(53(3,4)30(54)10-11-56(31,7)55(22,6)12-13-57(23,51(73)74)16-32(52)63)84-50-44(40(71)42(28(18-59)79-50)81-47-38(69)34(65)26(62)20-76-47)83-48-41(72)43(82-49-39(70)36(67)35(66)27(17-58)78-49)29(21-77-48)80-46-37(68)33(64)25(61)19-75-46/h8,23-50,58-72H,9-21H2,1-7H3,(H,73,74)/t23-,24+,25-,26+,27+,28+,29+,30-,31+,32-,33-,34-,35+,36-,37+,38+,39+,40-,41+,42+,43-,44+,45-,46-,47-,48-,49-,50-,54-,55+,56+,57+/m0/s1. The second kappa shape index (κ2) is 23.8. The second-order valence-electron chi connectivity index (χ2n) is 28.0. The molecule has 0 aromatic carbocycles. The van der Waals surface area contributed by atoms with Crippen LogP contribution in [0.3, 0.4) is 0 Å². The van der Waals surface area contributed by atoms with Gasteiger partial charge in [-0.1, -0.05) is 60.1 Å². The number of carboxylic acids is 1. The van der Waals surface area contributed by atoms with Gasteiger partial charge in [-0.25, -0.2) is 0 Å². The third-order valence-electron chi connectivity index (χ3n) is 22.6. The molecule has 32 atom stereocenters. The molecule has 0 bridgehead atoms. The first-order chi connectivity index (χ1) is 39.3. The van der Waals surface area contributed by atoms with Crippen molar-refractivity contribution in [2.24, 2.45) is 50.2 Å². The Morgan fingerprint density at radius 2 is 1.10 bits per heavy atom. The SMILES string of the molecule is CC1(C)C[C@H]2C3=CC[C@@H]4[C@@]5(C)C[C@@H](O)[C@H](O[C@@H]6O[C@H](CO)[C@@H](O[C@@H]7OC[C@@H](O)[C@H](O)[C@H]7O)[C@H](O)[C@H]6O[C@@H]6OC[C@@H](O[C@@H]7OC[C@H](O)[C@H](O)[C@H]7O)[C@H](O[C@@H]7O[C@H](CO)[C@@H](O)[C@H](O)[C@H]7O)[C@H]6O)C(C)(C)[C@@H]5CC[C@@]4(C)[C@]3(C)CC[C@@]2(C(=O)O)C[C@@H]1O. The topological polar surface area (TPSA) is 433 Å². The number of rotatable bonds is 13. The first kappa shape index (κ1) is 65.2. The number of aliphatic hydroxyl groups excluding tert-OH is 15. The van der Waals surface area contributed by atoms with Crippen molar-refractivity contribution in [3.8, 4) is 0 Å². The van der Waals surface area contributed by atoms with Crippen molar-refractivity contribution >= 4 is 5.97 Å². The molecule has 482 valence electrons. The summed E-state index contributed by atoms with van der Waals surface area (Å²) in [4.78, 5) is 13.3. The van der Waals surface area contributed by atoms with Gasteiger partial charge in [-0.15, -0.1) is 0 Å². The van der Waals surface area contributed by atoms with Gasteiger partial charge in [0.15, 0.2) is 31.5 Å². The molecule has 9 fully saturated rings. The van der Waals surface area contributed by atoms with Crippen LogP contribution in [0.2, 0.25) is 0 Å². The number of carbonyl (C=O) groups is 1. The van der Waals surface area contributed by atoms with Crippen molar-refractivity contribution in [3.05, 3.63) is 11.6 Å². The molecule has 27 nitrogen and oxygen atoms in total. The van der Waals surface area contributed by atoms with Crippen molar-refractivity contribution in [1.82, 2.24) is 0 Å². The number of hydrogen-bond acceptors (Lipinski definition) is 26. The third kappa shape index (κ3) is 10.7. The summed E-state index contributed by atoms with van der Waals surface area (Å²) >= 11 is 0. The Morgan fingerprint density at radius 3 is 1.71 bits per heavy atom. The Morgan fingerprint density at radius 1 is 0.536 bits per heavy atom. The van der Waals surface area contributed by atoms with Gasteiger partial charge in [0.2, 0.25) is 0 Å². The molecule has 5 saturated heterocycles. The molecule has 16 N–H and O–H groups in total. The number of carboxylic acid groups (broad SMARTS) is 1. The lowest BCUT2D eigenvalue weighted by Crippen LogP contribution is -2.69. The summed E-state index contributed by atoms with van der Waals surface area (Å²) in [5.41, 5.74) is -2.66. The van der Waals surface area contributed by atoms with Gasteiger partial charge in [0.1, 0.15) is 104 Å². The predicted molar refractivity (Wildman–Crippen MR) is 281 cm³/mol. The molecule has 0 spiro atoms. The van der Waals surface area contributed by atoms with E-state index < -0.39 is 220 Å². The molecule has 0 aromatic rings. The van der Waals surface area contributed by atoms with E-state index in [1.807, 2.05) is 27.7 Å². The molecule has 0 radical (unpaired) electrons. The normalized spacial score (nSPS) is 54.7. The van der Waals surface area contributed by atoms with Crippen molar-refractivity contribution < 1.29 is 134 Å². The minimum absolute atomic E-state index is 0.00452. The Labute approximate surface area is 486 Å². The Hall–Kier alpha value is -1.79. The number of aliphatic carboxylic acids is 1. The van der Waals surface area contributed by atoms with Crippen LogP contribution in [0, 0.1) is 50.2 Å². The van der Waals surface area contributed by atoms with Gasteiger partial charge in [-0.2, -0.15) is 0 Å². The van der Waals surface area contributed by atoms with E-state index in [1.165, 1.54) is 0 Å². The first-order valence-corrected chi connectivity index (χ1v) is 29.7. The predicted octanol–water partition coefficient (Wildman–Crippen LogP) is -3.79. The zero-order valence-corrected chi connectivity index (χ0v) is 48.6. The molecule has 0 unspecified atom stereocenters. The molecule has 0 amide bonds. The van der Waals surface area contributed by atoms with E-state index in [9.17, 15) is 86.5 Å². The van der Waals surface area contributed by atoms with Gasteiger partial charge >= 0.3 is 5.97 Å². The summed E-state index contributed by atoms with van der Waals surface area (Å²) in [6.07, 6.45) is -35.9. The van der Waals surface area contributed by atoms with Crippen LogP contribution in [0.4, 0.5) is 0 Å². The van der Waals surface area contributed by atoms with Crippen LogP contribution in [0.25, 0.3) is 0 Å². The van der Waals surface area contributed by atoms with Crippen molar-refractivity contribution in [3.63, 3.8) is 0 Å². The summed E-state index contributed by atoms with van der Waals surface area (Å²) < 4.78 is 60.5. The highest BCUT2D eigenvalue weighted by Gasteiger charge is 2.71. The number of ether oxygens (including phenoxy) is 10. The summed E-state index contributed by atoms with van der Waals surface area (Å²) in [5.74, 6) is -1.29. The van der Waals surface area contributed by atoms with Crippen LogP contribution in [-0.4, -0.2) is 274 Å². The van der Waals surface area contributed by atoms with Crippen LogP contribution in [0.5, 0.6) is 0 Å². The summed E-state index contributed by atoms with van der Waals surface area (Å²) in [6, 6.07) is 0. The van der Waals surface area contributed by atoms with Gasteiger partial charge < -0.3 is 129 Å². The first-order valence-electron chi connectivity index (χ1n) is 29.7. The lowest BCUT2D eigenvalue weighted by molar-refractivity contribution is -0.402. The van der Waals surface area contributed by atoms with Crippen LogP contribution < -0.4 is 0 Å². The average Bonchev–Trinajstić information content (AvgIpc) is 0.755. The van der Waals surface area contributed by atoms with E-state index >= 15 is 0 Å². The second-order valence-corrected chi connectivity index (χ2v) is 28.0. The van der Waals surface area contributed by atoms with Crippen LogP contribution in [-0.2, 0) is 52.2 Å². The van der Waals surface area contributed by atoms with Crippen LogP contribution in [0.15, 0.2) is 11.6 Å². The van der Waals surface area contributed by atoms with Crippen LogP contribution in [0.1, 0.15) is 99.8 Å². The lowest BCUT2D eigenvalue weighted by Gasteiger charge is -2.71. The molecule has 84 heavy (non-hydrogen) atoms. The lowest BCUT2D eigenvalue weighted by atomic mass is 9.33. The zero-order chi connectivity index (χ0) is 61.3. The fourth-order valence-corrected chi connectivity index (χ4v) is 17.4. The van der Waals surface area contributed by atoms with Gasteiger partial charge in [0.25, 0.3) is 0 Å². The molecular formula is C57H92O27. The number of fused-ring (bicyclic) bond motifs is 7. The molecular weight excluding hydrogens is 1120 g/mol. The van der Waals surface area contributed by atoms with Crippen molar-refractivity contribution in [1.29, 1.82) is 0 Å². The minimum Gasteiger partial charge on any atom is -0.481 e. The van der Waals surface area contributed by atoms with E-state index in [4.69, 9.17) is 47.4 Å². The van der Waals surface area contributed by atoms with Gasteiger partial charge in [-0.3, -0.25) is 4.79 Å². The molecule has 4 saturated carbocycles.